The van der Waals surface area contributed by atoms with Gasteiger partial charge in [0.05, 0.1) is 12.8 Å². The van der Waals surface area contributed by atoms with Gasteiger partial charge < -0.3 is 19.5 Å². The van der Waals surface area contributed by atoms with Crippen LogP contribution in [0.5, 0.6) is 11.5 Å². The summed E-state index contributed by atoms with van der Waals surface area (Å²) < 4.78 is 17.5. The molecule has 5 heteroatoms. The summed E-state index contributed by atoms with van der Waals surface area (Å²) in [5, 5.41) is 3.36. The molecule has 2 fully saturated rings. The van der Waals surface area contributed by atoms with Crippen LogP contribution in [-0.4, -0.2) is 44.0 Å². The van der Waals surface area contributed by atoms with Crippen molar-refractivity contribution in [3.8, 4) is 11.5 Å². The Morgan fingerprint density at radius 1 is 1.03 bits per heavy atom. The van der Waals surface area contributed by atoms with Crippen LogP contribution >= 0.6 is 0 Å². The molecule has 1 aliphatic carbocycles. The molecule has 0 unspecified atom stereocenters. The van der Waals surface area contributed by atoms with Gasteiger partial charge in [-0.05, 0) is 67.8 Å². The number of pyridine rings is 1. The van der Waals surface area contributed by atoms with E-state index in [2.05, 4.69) is 42.3 Å². The maximum atomic E-state index is 5.91. The molecule has 1 N–H and O–H groups in total. The highest BCUT2D eigenvalue weighted by Gasteiger charge is 2.47. The third kappa shape index (κ3) is 5.73. The van der Waals surface area contributed by atoms with Gasteiger partial charge in [0.25, 0.3) is 0 Å². The number of hydrogen-bond acceptors (Lipinski definition) is 5. The second-order valence-electron chi connectivity index (χ2n) is 8.67. The summed E-state index contributed by atoms with van der Waals surface area (Å²) in [6.45, 7) is 8.51. The van der Waals surface area contributed by atoms with E-state index < -0.39 is 0 Å². The normalized spacial score (nSPS) is 24.9. The molecular weight excluding hydrogens is 376 g/mol. The highest BCUT2D eigenvalue weighted by molar-refractivity contribution is 5.31. The van der Waals surface area contributed by atoms with Crippen LogP contribution in [0.25, 0.3) is 0 Å². The molecule has 4 atom stereocenters. The maximum absolute atomic E-state index is 5.91. The van der Waals surface area contributed by atoms with Crippen LogP contribution in [0.3, 0.4) is 0 Å². The Bertz CT molecular complexity index is 791. The SMILES string of the molecule is Cc1ccc(OCCCOCC[C@H]2[C@H](C)[C@@H]2c2cncc(OC[C@@H]3CCN3)c2)cc1. The molecule has 0 amide bonds. The highest BCUT2D eigenvalue weighted by Crippen LogP contribution is 2.55. The van der Waals surface area contributed by atoms with Crippen LogP contribution in [0.1, 0.15) is 43.2 Å². The molecule has 1 saturated heterocycles. The molecule has 1 aromatic carbocycles. The van der Waals surface area contributed by atoms with E-state index in [1.165, 1.54) is 17.5 Å². The van der Waals surface area contributed by atoms with Gasteiger partial charge in [-0.2, -0.15) is 0 Å². The average molecular weight is 411 g/mol. The van der Waals surface area contributed by atoms with E-state index in [1.807, 2.05) is 24.5 Å². The van der Waals surface area contributed by atoms with Crippen molar-refractivity contribution in [3.05, 3.63) is 53.9 Å². The Hall–Kier alpha value is -2.11. The Balaban J connectivity index is 1.10. The first kappa shape index (κ1) is 21.1. The fourth-order valence-electron chi connectivity index (χ4n) is 4.23. The topological polar surface area (TPSA) is 52.6 Å². The summed E-state index contributed by atoms with van der Waals surface area (Å²) in [5.74, 6) is 3.77. The summed E-state index contributed by atoms with van der Waals surface area (Å²) in [4.78, 5) is 4.41. The Labute approximate surface area is 180 Å². The quantitative estimate of drug-likeness (QED) is 0.527. The molecule has 2 heterocycles. The van der Waals surface area contributed by atoms with Crippen LogP contribution < -0.4 is 14.8 Å². The monoisotopic (exact) mass is 410 g/mol. The number of nitrogens with one attached hydrogen (secondary N) is 1. The molecule has 1 aromatic heterocycles. The Kier molecular flexibility index (Phi) is 7.24. The number of aryl methyl sites for hydroxylation is 1. The van der Waals surface area contributed by atoms with Gasteiger partial charge >= 0.3 is 0 Å². The number of aromatic nitrogens is 1. The summed E-state index contributed by atoms with van der Waals surface area (Å²) in [5.41, 5.74) is 2.55. The first-order chi connectivity index (χ1) is 14.7. The Morgan fingerprint density at radius 2 is 1.87 bits per heavy atom. The van der Waals surface area contributed by atoms with Crippen molar-refractivity contribution in [2.75, 3.05) is 33.0 Å². The number of benzene rings is 1. The van der Waals surface area contributed by atoms with Gasteiger partial charge in [0.1, 0.15) is 18.1 Å². The molecule has 2 aliphatic rings. The van der Waals surface area contributed by atoms with Crippen LogP contribution in [0.4, 0.5) is 0 Å². The first-order valence-corrected chi connectivity index (χ1v) is 11.3. The van der Waals surface area contributed by atoms with Crippen LogP contribution in [0.2, 0.25) is 0 Å². The zero-order chi connectivity index (χ0) is 20.8. The molecule has 0 radical (unpaired) electrons. The second kappa shape index (κ2) is 10.3. The van der Waals surface area contributed by atoms with Crippen LogP contribution in [0, 0.1) is 18.8 Å². The van der Waals surface area contributed by atoms with E-state index in [4.69, 9.17) is 14.2 Å². The number of hydrogen-bond donors (Lipinski definition) is 1. The van der Waals surface area contributed by atoms with E-state index in [9.17, 15) is 0 Å². The predicted octanol–water partition coefficient (Wildman–Crippen LogP) is 4.36. The van der Waals surface area contributed by atoms with Crippen molar-refractivity contribution in [2.24, 2.45) is 11.8 Å². The second-order valence-corrected chi connectivity index (χ2v) is 8.67. The fourth-order valence-corrected chi connectivity index (χ4v) is 4.23. The van der Waals surface area contributed by atoms with E-state index in [0.717, 1.165) is 50.7 Å². The van der Waals surface area contributed by atoms with Gasteiger partial charge in [0, 0.05) is 31.9 Å². The van der Waals surface area contributed by atoms with E-state index >= 15 is 0 Å². The van der Waals surface area contributed by atoms with Gasteiger partial charge in [-0.1, -0.05) is 24.6 Å². The molecule has 5 nitrogen and oxygen atoms in total. The fraction of sp³-hybridized carbons (Fsp3) is 0.560. The summed E-state index contributed by atoms with van der Waals surface area (Å²) >= 11 is 0. The smallest absolute Gasteiger partial charge is 0.137 e. The molecule has 1 saturated carbocycles. The molecule has 162 valence electrons. The lowest BCUT2D eigenvalue weighted by Gasteiger charge is -2.27. The van der Waals surface area contributed by atoms with Crippen LogP contribution in [0.15, 0.2) is 42.7 Å². The van der Waals surface area contributed by atoms with Gasteiger partial charge in [-0.15, -0.1) is 0 Å². The average Bonchev–Trinajstić information content (AvgIpc) is 3.37. The van der Waals surface area contributed by atoms with E-state index in [-0.39, 0.29) is 0 Å². The minimum Gasteiger partial charge on any atom is -0.494 e. The van der Waals surface area contributed by atoms with Crippen LogP contribution in [-0.2, 0) is 4.74 Å². The van der Waals surface area contributed by atoms with E-state index in [1.54, 1.807) is 0 Å². The number of nitrogens with zero attached hydrogens (tertiary/aromatic N) is 1. The highest BCUT2D eigenvalue weighted by atomic mass is 16.5. The Morgan fingerprint density at radius 3 is 2.63 bits per heavy atom. The molecule has 30 heavy (non-hydrogen) atoms. The lowest BCUT2D eigenvalue weighted by molar-refractivity contribution is 0.113. The van der Waals surface area contributed by atoms with Gasteiger partial charge in [-0.3, -0.25) is 4.98 Å². The van der Waals surface area contributed by atoms with Gasteiger partial charge in [-0.25, -0.2) is 0 Å². The first-order valence-electron chi connectivity index (χ1n) is 11.3. The molecular formula is C25H34N2O3. The minimum absolute atomic E-state index is 0.501. The predicted molar refractivity (Wildman–Crippen MR) is 118 cm³/mol. The summed E-state index contributed by atoms with van der Waals surface area (Å²) in [7, 11) is 0. The standard InChI is InChI=1S/C25H34N2O3/c1-18-4-6-22(7-5-18)29-12-3-11-28-13-9-24-19(2)25(24)20-14-23(16-26-15-20)30-17-21-8-10-27-21/h4-7,14-16,19,21,24-25,27H,3,8-13,17H2,1-2H3/t19-,21-,24-,25+/m0/s1. The van der Waals surface area contributed by atoms with Crippen molar-refractivity contribution in [3.63, 3.8) is 0 Å². The lowest BCUT2D eigenvalue weighted by Crippen LogP contribution is -2.46. The van der Waals surface area contributed by atoms with Crippen molar-refractivity contribution >= 4 is 0 Å². The maximum Gasteiger partial charge on any atom is 0.137 e. The molecule has 4 rings (SSSR count). The van der Waals surface area contributed by atoms with Crippen molar-refractivity contribution in [1.29, 1.82) is 0 Å². The third-order valence-corrected chi connectivity index (χ3v) is 6.38. The third-order valence-electron chi connectivity index (χ3n) is 6.38. The molecule has 0 bridgehead atoms. The zero-order valence-corrected chi connectivity index (χ0v) is 18.2. The van der Waals surface area contributed by atoms with Crippen molar-refractivity contribution in [1.82, 2.24) is 10.3 Å². The summed E-state index contributed by atoms with van der Waals surface area (Å²) in [6, 6.07) is 10.9. The van der Waals surface area contributed by atoms with Gasteiger partial charge in [0.15, 0.2) is 0 Å². The number of ether oxygens (including phenoxy) is 3. The van der Waals surface area contributed by atoms with Crippen molar-refractivity contribution in [2.45, 2.75) is 45.1 Å². The van der Waals surface area contributed by atoms with Gasteiger partial charge in [0.2, 0.25) is 0 Å². The number of rotatable bonds is 12. The zero-order valence-electron chi connectivity index (χ0n) is 18.2. The summed E-state index contributed by atoms with van der Waals surface area (Å²) in [6.07, 6.45) is 7.04. The lowest BCUT2D eigenvalue weighted by atomic mass is 10.1. The van der Waals surface area contributed by atoms with Crippen molar-refractivity contribution < 1.29 is 14.2 Å². The van der Waals surface area contributed by atoms with E-state index in [0.29, 0.717) is 30.4 Å². The molecule has 2 aromatic rings. The molecule has 1 aliphatic heterocycles. The minimum atomic E-state index is 0.501. The molecule has 0 spiro atoms. The largest absolute Gasteiger partial charge is 0.494 e.